The molecular formula is C13H13BrO2. The van der Waals surface area contributed by atoms with Crippen LogP contribution in [0.4, 0.5) is 0 Å². The zero-order valence-electron chi connectivity index (χ0n) is 9.25. The molecule has 1 heterocycles. The van der Waals surface area contributed by atoms with Crippen LogP contribution in [-0.2, 0) is 6.61 Å². The molecule has 1 N–H and O–H groups in total. The van der Waals surface area contributed by atoms with Crippen molar-refractivity contribution in [3.63, 3.8) is 0 Å². The van der Waals surface area contributed by atoms with E-state index in [0.717, 1.165) is 15.8 Å². The molecule has 3 heteroatoms. The van der Waals surface area contributed by atoms with Gasteiger partial charge in [-0.05, 0) is 49.2 Å². The lowest BCUT2D eigenvalue weighted by molar-refractivity contribution is 0.248. The second kappa shape index (κ2) is 4.44. The molecule has 2 aromatic rings. The Hall–Kier alpha value is -1.06. The fourth-order valence-electron chi connectivity index (χ4n) is 1.66. The summed E-state index contributed by atoms with van der Waals surface area (Å²) in [7, 11) is 0. The number of furan rings is 1. The molecule has 0 atom stereocenters. The van der Waals surface area contributed by atoms with Crippen LogP contribution in [0.2, 0.25) is 0 Å². The van der Waals surface area contributed by atoms with Crippen LogP contribution in [-0.4, -0.2) is 5.11 Å². The van der Waals surface area contributed by atoms with Crippen LogP contribution in [0.5, 0.6) is 0 Å². The molecule has 16 heavy (non-hydrogen) atoms. The molecule has 0 aliphatic heterocycles. The highest BCUT2D eigenvalue weighted by Crippen LogP contribution is 2.30. The van der Waals surface area contributed by atoms with Gasteiger partial charge in [-0.25, -0.2) is 0 Å². The van der Waals surface area contributed by atoms with Gasteiger partial charge in [-0.1, -0.05) is 15.9 Å². The molecule has 0 aliphatic rings. The van der Waals surface area contributed by atoms with Gasteiger partial charge < -0.3 is 9.52 Å². The summed E-state index contributed by atoms with van der Waals surface area (Å²) in [5.41, 5.74) is 3.47. The molecule has 0 saturated carbocycles. The zero-order chi connectivity index (χ0) is 11.7. The topological polar surface area (TPSA) is 33.4 Å². The normalized spacial score (nSPS) is 10.8. The van der Waals surface area contributed by atoms with Crippen molar-refractivity contribution in [3.05, 3.63) is 45.6 Å². The molecule has 1 aromatic heterocycles. The highest BCUT2D eigenvalue weighted by atomic mass is 79.9. The first kappa shape index (κ1) is 11.4. The van der Waals surface area contributed by atoms with Crippen molar-refractivity contribution in [1.29, 1.82) is 0 Å². The summed E-state index contributed by atoms with van der Waals surface area (Å²) >= 11 is 3.50. The number of aliphatic hydroxyl groups is 1. The maximum Gasteiger partial charge on any atom is 0.134 e. The Morgan fingerprint density at radius 3 is 2.50 bits per heavy atom. The molecule has 2 rings (SSSR count). The molecule has 0 saturated heterocycles. The fourth-order valence-corrected chi connectivity index (χ4v) is 2.09. The van der Waals surface area contributed by atoms with Crippen molar-refractivity contribution in [3.8, 4) is 11.3 Å². The van der Waals surface area contributed by atoms with E-state index in [9.17, 15) is 0 Å². The lowest BCUT2D eigenvalue weighted by Gasteiger charge is -2.08. The Kier molecular flexibility index (Phi) is 3.17. The van der Waals surface area contributed by atoms with Gasteiger partial charge in [0.1, 0.15) is 18.1 Å². The van der Waals surface area contributed by atoms with Gasteiger partial charge in [0.25, 0.3) is 0 Å². The average Bonchev–Trinajstić information content (AvgIpc) is 2.74. The molecular weight excluding hydrogens is 268 g/mol. The Bertz CT molecular complexity index is 515. The first-order chi connectivity index (χ1) is 7.63. The summed E-state index contributed by atoms with van der Waals surface area (Å²) in [5.74, 6) is 1.40. The predicted octanol–water partition coefficient (Wildman–Crippen LogP) is 3.82. The van der Waals surface area contributed by atoms with E-state index in [0.29, 0.717) is 5.76 Å². The van der Waals surface area contributed by atoms with Gasteiger partial charge in [0.05, 0.1) is 0 Å². The standard InChI is InChI=1S/C13H13BrO2/c1-8-9(2)12(14)5-4-11(8)13-6-3-10(7-15)16-13/h3-6,15H,7H2,1-2H3. The van der Waals surface area contributed by atoms with Crippen LogP contribution < -0.4 is 0 Å². The van der Waals surface area contributed by atoms with Crippen LogP contribution in [0.1, 0.15) is 16.9 Å². The van der Waals surface area contributed by atoms with E-state index >= 15 is 0 Å². The number of rotatable bonds is 2. The molecule has 2 nitrogen and oxygen atoms in total. The first-order valence-corrected chi connectivity index (χ1v) is 5.88. The number of hydrogen-bond acceptors (Lipinski definition) is 2. The molecule has 0 amide bonds. The molecule has 0 spiro atoms. The van der Waals surface area contributed by atoms with Crippen molar-refractivity contribution < 1.29 is 9.52 Å². The van der Waals surface area contributed by atoms with Crippen molar-refractivity contribution in [1.82, 2.24) is 0 Å². The van der Waals surface area contributed by atoms with Gasteiger partial charge in [0.15, 0.2) is 0 Å². The minimum absolute atomic E-state index is 0.0610. The summed E-state index contributed by atoms with van der Waals surface area (Å²) in [6.45, 7) is 4.07. The number of benzene rings is 1. The van der Waals surface area contributed by atoms with Crippen LogP contribution in [0.15, 0.2) is 33.2 Å². The SMILES string of the molecule is Cc1c(Br)ccc(-c2ccc(CO)o2)c1C. The molecule has 1 aromatic carbocycles. The lowest BCUT2D eigenvalue weighted by atomic mass is 10.0. The monoisotopic (exact) mass is 280 g/mol. The molecule has 84 valence electrons. The predicted molar refractivity (Wildman–Crippen MR) is 67.2 cm³/mol. The first-order valence-electron chi connectivity index (χ1n) is 5.09. The summed E-state index contributed by atoms with van der Waals surface area (Å²) in [6.07, 6.45) is 0. The van der Waals surface area contributed by atoms with Crippen LogP contribution >= 0.6 is 15.9 Å². The van der Waals surface area contributed by atoms with Gasteiger partial charge in [0.2, 0.25) is 0 Å². The van der Waals surface area contributed by atoms with Crippen molar-refractivity contribution >= 4 is 15.9 Å². The summed E-state index contributed by atoms with van der Waals surface area (Å²) in [4.78, 5) is 0. The summed E-state index contributed by atoms with van der Waals surface area (Å²) in [6, 6.07) is 7.72. The highest BCUT2D eigenvalue weighted by molar-refractivity contribution is 9.10. The van der Waals surface area contributed by atoms with Crippen LogP contribution in [0.3, 0.4) is 0 Å². The maximum atomic E-state index is 8.96. The Labute approximate surface area is 103 Å². The smallest absolute Gasteiger partial charge is 0.134 e. The van der Waals surface area contributed by atoms with Crippen molar-refractivity contribution in [2.24, 2.45) is 0 Å². The minimum atomic E-state index is -0.0610. The lowest BCUT2D eigenvalue weighted by Crippen LogP contribution is -1.87. The van der Waals surface area contributed by atoms with E-state index < -0.39 is 0 Å². The molecule has 0 bridgehead atoms. The summed E-state index contributed by atoms with van der Waals surface area (Å²) < 4.78 is 6.63. The molecule has 0 radical (unpaired) electrons. The van der Waals surface area contributed by atoms with Gasteiger partial charge in [-0.3, -0.25) is 0 Å². The van der Waals surface area contributed by atoms with E-state index in [4.69, 9.17) is 9.52 Å². The Balaban J connectivity index is 2.52. The van der Waals surface area contributed by atoms with Gasteiger partial charge in [-0.15, -0.1) is 0 Å². The van der Waals surface area contributed by atoms with E-state index in [1.54, 1.807) is 6.07 Å². The number of aliphatic hydroxyl groups excluding tert-OH is 1. The molecule has 0 aliphatic carbocycles. The van der Waals surface area contributed by atoms with E-state index in [1.807, 2.05) is 18.2 Å². The fraction of sp³-hybridized carbons (Fsp3) is 0.231. The van der Waals surface area contributed by atoms with Gasteiger partial charge in [-0.2, -0.15) is 0 Å². The van der Waals surface area contributed by atoms with E-state index in [2.05, 4.69) is 29.8 Å². The van der Waals surface area contributed by atoms with E-state index in [-0.39, 0.29) is 6.61 Å². The van der Waals surface area contributed by atoms with Crippen molar-refractivity contribution in [2.45, 2.75) is 20.5 Å². The molecule has 0 unspecified atom stereocenters. The Morgan fingerprint density at radius 1 is 1.12 bits per heavy atom. The zero-order valence-corrected chi connectivity index (χ0v) is 10.8. The Morgan fingerprint density at radius 2 is 1.88 bits per heavy atom. The maximum absolute atomic E-state index is 8.96. The number of hydrogen-bond donors (Lipinski definition) is 1. The second-order valence-electron chi connectivity index (χ2n) is 3.77. The van der Waals surface area contributed by atoms with Gasteiger partial charge >= 0.3 is 0 Å². The molecule has 0 fully saturated rings. The minimum Gasteiger partial charge on any atom is -0.459 e. The van der Waals surface area contributed by atoms with Crippen LogP contribution in [0, 0.1) is 13.8 Å². The largest absolute Gasteiger partial charge is 0.459 e. The third-order valence-electron chi connectivity index (χ3n) is 2.80. The third kappa shape index (κ3) is 1.93. The van der Waals surface area contributed by atoms with Crippen LogP contribution in [0.25, 0.3) is 11.3 Å². The highest BCUT2D eigenvalue weighted by Gasteiger charge is 2.10. The average molecular weight is 281 g/mol. The quantitative estimate of drug-likeness (QED) is 0.907. The third-order valence-corrected chi connectivity index (χ3v) is 3.66. The van der Waals surface area contributed by atoms with E-state index in [1.165, 1.54) is 11.1 Å². The summed E-state index contributed by atoms with van der Waals surface area (Å²) in [5, 5.41) is 8.96. The second-order valence-corrected chi connectivity index (χ2v) is 4.62. The van der Waals surface area contributed by atoms with Crippen molar-refractivity contribution in [2.75, 3.05) is 0 Å². The van der Waals surface area contributed by atoms with Gasteiger partial charge in [0, 0.05) is 10.0 Å². The number of halogens is 1.